The maximum Gasteiger partial charge on any atom is 0.0807 e. The van der Waals surface area contributed by atoms with Crippen molar-refractivity contribution in [1.82, 2.24) is 4.98 Å². The molecule has 0 amide bonds. The first-order chi connectivity index (χ1) is 9.36. The van der Waals surface area contributed by atoms with Crippen LogP contribution < -0.4 is 0 Å². The molecule has 2 rings (SSSR count). The summed E-state index contributed by atoms with van der Waals surface area (Å²) in [6, 6.07) is 8.36. The molecule has 0 aliphatic carbocycles. The summed E-state index contributed by atoms with van der Waals surface area (Å²) in [4.78, 5) is 5.79. The van der Waals surface area contributed by atoms with Gasteiger partial charge in [0, 0.05) is 6.20 Å². The van der Waals surface area contributed by atoms with E-state index in [2.05, 4.69) is 48.5 Å². The molecule has 0 spiro atoms. The first-order valence-electron chi connectivity index (χ1n) is 7.05. The molecule has 100 valence electrons. The van der Waals surface area contributed by atoms with E-state index in [1.807, 2.05) is 12.3 Å². The lowest BCUT2D eigenvalue weighted by Gasteiger charge is -2.08. The summed E-state index contributed by atoms with van der Waals surface area (Å²) in [5, 5.41) is 2.18. The van der Waals surface area contributed by atoms with Crippen LogP contribution in [0.5, 0.6) is 0 Å². The molecule has 0 bridgehead atoms. The summed E-state index contributed by atoms with van der Waals surface area (Å²) in [6.07, 6.45) is 8.97. The molecule has 0 unspecified atom stereocenters. The number of pyridine rings is 1. The summed E-state index contributed by atoms with van der Waals surface area (Å²) in [7, 11) is 0. The average molecular weight is 271 g/mol. The van der Waals surface area contributed by atoms with Crippen molar-refractivity contribution in [2.75, 3.05) is 0 Å². The molecule has 2 aromatic rings. The molecule has 0 fully saturated rings. The Balaban J connectivity index is 2.37. The van der Waals surface area contributed by atoms with Gasteiger partial charge in [-0.1, -0.05) is 38.8 Å². The van der Waals surface area contributed by atoms with Gasteiger partial charge in [0.1, 0.15) is 0 Å². The Morgan fingerprint density at radius 2 is 2.11 bits per heavy atom. The topological polar surface area (TPSA) is 12.9 Å². The number of aromatic nitrogens is 1. The van der Waals surface area contributed by atoms with Crippen molar-refractivity contribution < 1.29 is 0 Å². The van der Waals surface area contributed by atoms with Gasteiger partial charge in [0.25, 0.3) is 0 Å². The lowest BCUT2D eigenvalue weighted by atomic mass is 9.99. The molecule has 19 heavy (non-hydrogen) atoms. The highest BCUT2D eigenvalue weighted by molar-refractivity contribution is 7.13. The number of hydrogen-bond acceptors (Lipinski definition) is 2. The normalized spacial score (nSPS) is 11.8. The fraction of sp³-hybridized carbons (Fsp3) is 0.353. The predicted molar refractivity (Wildman–Crippen MR) is 85.3 cm³/mol. The maximum atomic E-state index is 4.49. The van der Waals surface area contributed by atoms with Crippen LogP contribution in [0.4, 0.5) is 0 Å². The summed E-state index contributed by atoms with van der Waals surface area (Å²) < 4.78 is 0. The monoisotopic (exact) mass is 271 g/mol. The first kappa shape index (κ1) is 14.0. The van der Waals surface area contributed by atoms with E-state index in [4.69, 9.17) is 0 Å². The van der Waals surface area contributed by atoms with Gasteiger partial charge in [0.2, 0.25) is 0 Å². The highest BCUT2D eigenvalue weighted by Gasteiger charge is 2.11. The van der Waals surface area contributed by atoms with Crippen LogP contribution in [0, 0.1) is 0 Å². The third kappa shape index (κ3) is 3.54. The molecule has 0 aliphatic heterocycles. The number of unbranched alkanes of at least 4 members (excludes halogenated alkanes) is 1. The first-order valence-corrected chi connectivity index (χ1v) is 7.93. The van der Waals surface area contributed by atoms with Gasteiger partial charge >= 0.3 is 0 Å². The third-order valence-electron chi connectivity index (χ3n) is 3.11. The molecule has 0 N–H and O–H groups in total. The summed E-state index contributed by atoms with van der Waals surface area (Å²) >= 11 is 1.79. The predicted octanol–water partition coefficient (Wildman–Crippen LogP) is 5.79. The fourth-order valence-electron chi connectivity index (χ4n) is 2.19. The Kier molecular flexibility index (Phi) is 5.34. The standard InChI is InChI=1S/C17H21NS/c1-3-5-9-14(8-4-2)15-11-13-19-17(15)16-10-6-7-12-18-16/h6-7,9-13H,3-5,8H2,1-2H3/b14-9+. The second-order valence-electron chi connectivity index (χ2n) is 4.65. The highest BCUT2D eigenvalue weighted by Crippen LogP contribution is 2.34. The van der Waals surface area contributed by atoms with Crippen molar-refractivity contribution in [2.24, 2.45) is 0 Å². The van der Waals surface area contributed by atoms with Gasteiger partial charge in [-0.15, -0.1) is 11.3 Å². The summed E-state index contributed by atoms with van der Waals surface area (Å²) in [6.45, 7) is 4.47. The molecule has 2 heteroatoms. The zero-order valence-corrected chi connectivity index (χ0v) is 12.5. The molecule has 2 heterocycles. The van der Waals surface area contributed by atoms with Crippen LogP contribution in [0.3, 0.4) is 0 Å². The van der Waals surface area contributed by atoms with Crippen molar-refractivity contribution in [2.45, 2.75) is 39.5 Å². The maximum absolute atomic E-state index is 4.49. The number of thiophene rings is 1. The Morgan fingerprint density at radius 1 is 1.21 bits per heavy atom. The number of hydrogen-bond donors (Lipinski definition) is 0. The largest absolute Gasteiger partial charge is 0.255 e. The highest BCUT2D eigenvalue weighted by atomic mass is 32.1. The second kappa shape index (κ2) is 7.25. The van der Waals surface area contributed by atoms with Gasteiger partial charge in [-0.05, 0) is 47.6 Å². The Morgan fingerprint density at radius 3 is 2.79 bits per heavy atom. The average Bonchev–Trinajstić information content (AvgIpc) is 2.93. The molecule has 0 radical (unpaired) electrons. The zero-order valence-electron chi connectivity index (χ0n) is 11.7. The van der Waals surface area contributed by atoms with Gasteiger partial charge < -0.3 is 0 Å². The van der Waals surface area contributed by atoms with Gasteiger partial charge in [-0.25, -0.2) is 0 Å². The quantitative estimate of drug-likeness (QED) is 0.647. The van der Waals surface area contributed by atoms with E-state index >= 15 is 0 Å². The van der Waals surface area contributed by atoms with Crippen LogP contribution in [-0.2, 0) is 0 Å². The van der Waals surface area contributed by atoms with Crippen LogP contribution in [-0.4, -0.2) is 4.98 Å². The van der Waals surface area contributed by atoms with E-state index in [9.17, 15) is 0 Å². The molecular formula is C17H21NS. The molecule has 0 saturated heterocycles. The Labute approximate surface area is 120 Å². The smallest absolute Gasteiger partial charge is 0.0807 e. The summed E-state index contributed by atoms with van der Waals surface area (Å²) in [5.74, 6) is 0. The molecule has 0 aliphatic rings. The second-order valence-corrected chi connectivity index (χ2v) is 5.56. The van der Waals surface area contributed by atoms with E-state index in [0.717, 1.165) is 18.5 Å². The van der Waals surface area contributed by atoms with Crippen molar-refractivity contribution in [3.05, 3.63) is 47.5 Å². The minimum atomic E-state index is 1.09. The van der Waals surface area contributed by atoms with Gasteiger partial charge in [-0.2, -0.15) is 0 Å². The molecule has 2 aromatic heterocycles. The van der Waals surface area contributed by atoms with E-state index in [-0.39, 0.29) is 0 Å². The minimum Gasteiger partial charge on any atom is -0.255 e. The van der Waals surface area contributed by atoms with Crippen LogP contribution in [0.2, 0.25) is 0 Å². The molecular weight excluding hydrogens is 250 g/mol. The van der Waals surface area contributed by atoms with E-state index in [1.165, 1.54) is 28.9 Å². The molecule has 0 saturated carbocycles. The van der Waals surface area contributed by atoms with Crippen molar-refractivity contribution in [3.8, 4) is 10.6 Å². The van der Waals surface area contributed by atoms with Gasteiger partial charge in [-0.3, -0.25) is 4.98 Å². The van der Waals surface area contributed by atoms with Crippen LogP contribution in [0.15, 0.2) is 41.9 Å². The van der Waals surface area contributed by atoms with Crippen LogP contribution in [0.25, 0.3) is 16.1 Å². The molecule has 0 atom stereocenters. The zero-order chi connectivity index (χ0) is 13.5. The lowest BCUT2D eigenvalue weighted by molar-refractivity contribution is 0.933. The number of nitrogens with zero attached hydrogens (tertiary/aromatic N) is 1. The Hall–Kier alpha value is -1.41. The van der Waals surface area contributed by atoms with Crippen molar-refractivity contribution in [1.29, 1.82) is 0 Å². The van der Waals surface area contributed by atoms with E-state index in [0.29, 0.717) is 0 Å². The molecule has 1 nitrogen and oxygen atoms in total. The van der Waals surface area contributed by atoms with Crippen molar-refractivity contribution >= 4 is 16.9 Å². The Bertz CT molecular complexity index is 525. The number of allylic oxidation sites excluding steroid dienone is 2. The van der Waals surface area contributed by atoms with Crippen LogP contribution >= 0.6 is 11.3 Å². The van der Waals surface area contributed by atoms with Crippen LogP contribution in [0.1, 0.15) is 45.1 Å². The lowest BCUT2D eigenvalue weighted by Crippen LogP contribution is -1.87. The minimum absolute atomic E-state index is 1.09. The summed E-state index contributed by atoms with van der Waals surface area (Å²) in [5.41, 5.74) is 3.94. The number of rotatable bonds is 6. The van der Waals surface area contributed by atoms with Crippen molar-refractivity contribution in [3.63, 3.8) is 0 Å². The van der Waals surface area contributed by atoms with E-state index < -0.39 is 0 Å². The van der Waals surface area contributed by atoms with Gasteiger partial charge in [0.15, 0.2) is 0 Å². The van der Waals surface area contributed by atoms with Gasteiger partial charge in [0.05, 0.1) is 10.6 Å². The third-order valence-corrected chi connectivity index (χ3v) is 4.04. The SMILES string of the molecule is CCC/C=C(\CCC)c1ccsc1-c1ccccn1. The fourth-order valence-corrected chi connectivity index (χ4v) is 3.10. The molecule has 0 aromatic carbocycles. The van der Waals surface area contributed by atoms with E-state index in [1.54, 1.807) is 11.3 Å².